The van der Waals surface area contributed by atoms with Gasteiger partial charge in [-0.05, 0) is 24.3 Å². The molecule has 2 aromatic carbocycles. The quantitative estimate of drug-likeness (QED) is 0.572. The lowest BCUT2D eigenvalue weighted by atomic mass is 10.1. The van der Waals surface area contributed by atoms with Crippen LogP contribution < -0.4 is 22.7 Å². The molecule has 0 spiro atoms. The van der Waals surface area contributed by atoms with E-state index in [1.165, 1.54) is 4.90 Å². The van der Waals surface area contributed by atoms with Crippen LogP contribution in [0.3, 0.4) is 0 Å². The molecule has 1 aliphatic heterocycles. The number of nitrogens with one attached hydrogen (secondary N) is 1. The maximum Gasteiger partial charge on any atom is 0.346 e. The summed E-state index contributed by atoms with van der Waals surface area (Å²) < 4.78 is 1.81. The van der Waals surface area contributed by atoms with Gasteiger partial charge < -0.3 is 17.5 Å². The molecule has 0 saturated heterocycles. The fraction of sp³-hybridized carbons (Fsp3) is 0.150. The summed E-state index contributed by atoms with van der Waals surface area (Å²) in [5, 5.41) is 14.4. The van der Waals surface area contributed by atoms with Crippen molar-refractivity contribution in [2.45, 2.75) is 13.0 Å². The van der Waals surface area contributed by atoms with Crippen molar-refractivity contribution in [1.82, 2.24) is 5.43 Å². The predicted molar refractivity (Wildman–Crippen MR) is 103 cm³/mol. The van der Waals surface area contributed by atoms with Crippen LogP contribution >= 0.6 is 0 Å². The van der Waals surface area contributed by atoms with Crippen LogP contribution in [0.15, 0.2) is 78.0 Å². The van der Waals surface area contributed by atoms with E-state index >= 15 is 0 Å². The molecule has 2 N–H and O–H groups in total. The molecular weight excluding hydrogens is 364 g/mol. The number of halogens is 1. The normalized spacial score (nSPS) is 17.4. The number of carbonyl (C=O) groups excluding carboxylic acids is 1. The van der Waals surface area contributed by atoms with Crippen LogP contribution in [0.4, 0.5) is 16.2 Å². The maximum atomic E-state index is 12.8. The largest absolute Gasteiger partial charge is 1.00 e. The molecule has 27 heavy (non-hydrogen) atoms. The lowest BCUT2D eigenvalue weighted by molar-refractivity contribution is -0.426. The van der Waals surface area contributed by atoms with Crippen molar-refractivity contribution in [2.75, 3.05) is 11.9 Å². The minimum absolute atomic E-state index is 0. The number of amides is 2. The third-order valence-corrected chi connectivity index (χ3v) is 4.21. The molecular formula is C20H21ClN4O2. The van der Waals surface area contributed by atoms with Crippen molar-refractivity contribution >= 4 is 28.8 Å². The number of carbonyl (C=O) groups is 1. The summed E-state index contributed by atoms with van der Waals surface area (Å²) in [7, 11) is 1.84. The summed E-state index contributed by atoms with van der Waals surface area (Å²) in [4.78, 5) is 14.4. The molecule has 1 heterocycles. The molecule has 0 aromatic heterocycles. The zero-order valence-electron chi connectivity index (χ0n) is 15.1. The Balaban J connectivity index is 0.00000261. The molecule has 0 radical (unpaired) electrons. The first kappa shape index (κ1) is 20.4. The second-order valence-corrected chi connectivity index (χ2v) is 5.93. The summed E-state index contributed by atoms with van der Waals surface area (Å²) in [6.07, 6.45) is 2.61. The van der Waals surface area contributed by atoms with Gasteiger partial charge in [0.25, 0.3) is 0 Å². The average molecular weight is 385 g/mol. The van der Waals surface area contributed by atoms with Crippen LogP contribution in [-0.2, 0) is 0 Å². The molecule has 6 nitrogen and oxygen atoms in total. The molecule has 1 aliphatic rings. The molecule has 0 fully saturated rings. The zero-order chi connectivity index (χ0) is 18.5. The Morgan fingerprint density at radius 3 is 2.11 bits per heavy atom. The third-order valence-electron chi connectivity index (χ3n) is 4.21. The van der Waals surface area contributed by atoms with Crippen molar-refractivity contribution in [3.63, 3.8) is 0 Å². The molecule has 1 unspecified atom stereocenters. The number of aliphatic hydroxyl groups is 1. The van der Waals surface area contributed by atoms with Gasteiger partial charge in [-0.3, -0.25) is 4.90 Å². The number of urea groups is 1. The highest BCUT2D eigenvalue weighted by molar-refractivity contribution is 6.14. The molecule has 0 bridgehead atoms. The third kappa shape index (κ3) is 4.61. The Morgan fingerprint density at radius 1 is 1.07 bits per heavy atom. The summed E-state index contributed by atoms with van der Waals surface area (Å²) in [5.74, 6) is 0. The number of hydrogen-bond acceptors (Lipinski definition) is 3. The monoisotopic (exact) mass is 384 g/mol. The van der Waals surface area contributed by atoms with Crippen LogP contribution in [0.25, 0.3) is 0 Å². The van der Waals surface area contributed by atoms with Gasteiger partial charge in [0.1, 0.15) is 12.8 Å². The van der Waals surface area contributed by atoms with Gasteiger partial charge in [0.05, 0.1) is 11.4 Å². The number of aliphatic hydroxyl groups excluding tert-OH is 1. The average Bonchev–Trinajstić information content (AvgIpc) is 2.67. The smallest absolute Gasteiger partial charge is 0.346 e. The number of hydrazone groups is 1. The van der Waals surface area contributed by atoms with E-state index in [0.29, 0.717) is 5.71 Å². The van der Waals surface area contributed by atoms with Crippen molar-refractivity contribution < 1.29 is 26.9 Å². The number of para-hydroxylation sites is 2. The fourth-order valence-corrected chi connectivity index (χ4v) is 2.60. The second kappa shape index (κ2) is 9.12. The minimum Gasteiger partial charge on any atom is -1.00 e. The fourth-order valence-electron chi connectivity index (χ4n) is 2.60. The standard InChI is InChI=1S/C20H20N4O2.ClH/c1-15-19(25)18(13-14-23(15)2)21-22-20(26)24(16-9-5-3-6-10-16)17-11-7-4-8-12-17;/h3-14,19,25H,1-2H3;1H. The molecule has 2 aromatic rings. The lowest BCUT2D eigenvalue weighted by Gasteiger charge is -2.22. The van der Waals surface area contributed by atoms with Crippen LogP contribution in [0, 0.1) is 0 Å². The van der Waals surface area contributed by atoms with E-state index in [2.05, 4.69) is 10.5 Å². The van der Waals surface area contributed by atoms with Gasteiger partial charge in [-0.1, -0.05) is 36.4 Å². The van der Waals surface area contributed by atoms with Gasteiger partial charge in [0.2, 0.25) is 0 Å². The highest BCUT2D eigenvalue weighted by Crippen LogP contribution is 2.24. The number of rotatable bonds is 3. The highest BCUT2D eigenvalue weighted by atomic mass is 35.5. The Morgan fingerprint density at radius 2 is 1.59 bits per heavy atom. The zero-order valence-corrected chi connectivity index (χ0v) is 15.8. The first-order valence-electron chi connectivity index (χ1n) is 8.28. The second-order valence-electron chi connectivity index (χ2n) is 5.93. The molecule has 1 atom stereocenters. The van der Waals surface area contributed by atoms with Crippen LogP contribution in [0.5, 0.6) is 0 Å². The van der Waals surface area contributed by atoms with E-state index in [0.717, 1.165) is 17.1 Å². The molecule has 0 aliphatic carbocycles. The minimum atomic E-state index is -0.854. The van der Waals surface area contributed by atoms with Gasteiger partial charge in [-0.25, -0.2) is 14.8 Å². The maximum absolute atomic E-state index is 12.8. The Kier molecular flexibility index (Phi) is 6.87. The van der Waals surface area contributed by atoms with Crippen LogP contribution in [-0.4, -0.2) is 40.3 Å². The molecule has 7 heteroatoms. The number of benzene rings is 2. The molecule has 3 rings (SSSR count). The van der Waals surface area contributed by atoms with Gasteiger partial charge in [-0.15, -0.1) is 0 Å². The van der Waals surface area contributed by atoms with Crippen LogP contribution in [0.2, 0.25) is 0 Å². The highest BCUT2D eigenvalue weighted by Gasteiger charge is 2.25. The Hall–Kier alpha value is -2.96. The van der Waals surface area contributed by atoms with Gasteiger partial charge in [0.15, 0.2) is 18.0 Å². The van der Waals surface area contributed by atoms with E-state index in [1.807, 2.05) is 79.2 Å². The van der Waals surface area contributed by atoms with Crippen molar-refractivity contribution in [1.29, 1.82) is 0 Å². The number of hydrogen-bond donors (Lipinski definition) is 2. The Bertz CT molecular complexity index is 840. The topological polar surface area (TPSA) is 67.9 Å². The summed E-state index contributed by atoms with van der Waals surface area (Å²) in [6.45, 7) is 1.81. The molecule has 0 saturated carbocycles. The molecule has 140 valence electrons. The molecule has 2 amide bonds. The summed E-state index contributed by atoms with van der Waals surface area (Å²) in [6, 6.07) is 18.2. The Labute approximate surface area is 164 Å². The van der Waals surface area contributed by atoms with Crippen molar-refractivity contribution in [3.8, 4) is 0 Å². The summed E-state index contributed by atoms with van der Waals surface area (Å²) >= 11 is 0. The first-order valence-corrected chi connectivity index (χ1v) is 8.28. The van der Waals surface area contributed by atoms with Crippen molar-refractivity contribution in [3.05, 3.63) is 72.9 Å². The summed E-state index contributed by atoms with van der Waals surface area (Å²) in [5.41, 5.74) is 5.11. The van der Waals surface area contributed by atoms with Gasteiger partial charge in [-0.2, -0.15) is 5.10 Å². The number of anilines is 2. The van der Waals surface area contributed by atoms with E-state index in [9.17, 15) is 9.90 Å². The predicted octanol–water partition coefficient (Wildman–Crippen LogP) is -0.114. The van der Waals surface area contributed by atoms with Gasteiger partial charge in [0, 0.05) is 13.0 Å². The van der Waals surface area contributed by atoms with Crippen LogP contribution in [0.1, 0.15) is 6.92 Å². The van der Waals surface area contributed by atoms with Crippen molar-refractivity contribution in [2.24, 2.45) is 5.10 Å². The first-order chi connectivity index (χ1) is 12.6. The number of nitrogens with zero attached hydrogens (tertiary/aromatic N) is 3. The van der Waals surface area contributed by atoms with E-state index in [1.54, 1.807) is 12.3 Å². The lowest BCUT2D eigenvalue weighted by Crippen LogP contribution is -3.00. The van der Waals surface area contributed by atoms with E-state index in [-0.39, 0.29) is 12.4 Å². The van der Waals surface area contributed by atoms with E-state index < -0.39 is 12.1 Å². The SMILES string of the molecule is CC1=[N+](C)C=CC(=NNC(=O)N(c2ccccc2)c2ccccc2)C1O.[Cl-]. The van der Waals surface area contributed by atoms with Gasteiger partial charge >= 0.3 is 6.03 Å². The van der Waals surface area contributed by atoms with E-state index in [4.69, 9.17) is 0 Å².